The van der Waals surface area contributed by atoms with Crippen LogP contribution in [0.3, 0.4) is 0 Å². The van der Waals surface area contributed by atoms with Gasteiger partial charge in [-0.25, -0.2) is 0 Å². The van der Waals surface area contributed by atoms with Gasteiger partial charge in [-0.05, 0) is 17.7 Å². The van der Waals surface area contributed by atoms with Gasteiger partial charge in [0.05, 0.1) is 13.2 Å². The van der Waals surface area contributed by atoms with E-state index >= 15 is 0 Å². The van der Waals surface area contributed by atoms with Gasteiger partial charge in [-0.3, -0.25) is 9.59 Å². The molecule has 0 radical (unpaired) electrons. The molecule has 2 rings (SSSR count). The quantitative estimate of drug-likeness (QED) is 0.799. The van der Waals surface area contributed by atoms with Crippen molar-refractivity contribution in [2.24, 2.45) is 0 Å². The Kier molecular flexibility index (Phi) is 8.32. The molecule has 1 saturated heterocycles. The number of alkyl halides is 3. The highest BCUT2D eigenvalue weighted by molar-refractivity contribution is 5.91. The monoisotopic (exact) mass is 395 g/mol. The third kappa shape index (κ3) is 6.81. The van der Waals surface area contributed by atoms with E-state index in [1.165, 1.54) is 0 Å². The van der Waals surface area contributed by atoms with Gasteiger partial charge in [0.15, 0.2) is 0 Å². The van der Waals surface area contributed by atoms with Crippen LogP contribution in [-0.4, -0.2) is 55.7 Å². The van der Waals surface area contributed by atoms with Crippen molar-refractivity contribution in [2.45, 2.75) is 25.2 Å². The number of ether oxygens (including phenoxy) is 1. The van der Waals surface area contributed by atoms with E-state index in [2.05, 4.69) is 10.6 Å². The number of hydrogen-bond acceptors (Lipinski definition) is 4. The SMILES string of the molecule is CN(Cc1cccc(NC(=O)CC2COCCN2)c1)C(=O)C(F)(F)F.Cl. The van der Waals surface area contributed by atoms with Gasteiger partial charge in [0.1, 0.15) is 0 Å². The van der Waals surface area contributed by atoms with Crippen LogP contribution >= 0.6 is 12.4 Å². The molecule has 1 heterocycles. The van der Waals surface area contributed by atoms with Crippen molar-refractivity contribution in [3.63, 3.8) is 0 Å². The predicted octanol–water partition coefficient (Wildman–Crippen LogP) is 1.95. The summed E-state index contributed by atoms with van der Waals surface area (Å²) in [5, 5.41) is 5.87. The third-order valence-corrected chi connectivity index (χ3v) is 3.65. The lowest BCUT2D eigenvalue weighted by molar-refractivity contribution is -0.184. The predicted molar refractivity (Wildman–Crippen MR) is 92.1 cm³/mol. The molecule has 1 unspecified atom stereocenters. The standard InChI is InChI=1S/C16H20F3N3O3.ClH/c1-22(15(24)16(17,18)19)9-11-3-2-4-12(7-11)21-14(23)8-13-10-25-6-5-20-13;/h2-4,7,13,20H,5-6,8-10H2,1H3,(H,21,23);1H. The van der Waals surface area contributed by atoms with Crippen LogP contribution in [0.2, 0.25) is 0 Å². The number of anilines is 1. The Morgan fingerprint density at radius 2 is 2.12 bits per heavy atom. The second-order valence-corrected chi connectivity index (χ2v) is 5.84. The Labute approximate surface area is 155 Å². The summed E-state index contributed by atoms with van der Waals surface area (Å²) in [6.45, 7) is 1.55. The number of benzene rings is 1. The molecule has 1 aliphatic rings. The molecule has 0 spiro atoms. The highest BCUT2D eigenvalue weighted by Crippen LogP contribution is 2.20. The third-order valence-electron chi connectivity index (χ3n) is 3.65. The van der Waals surface area contributed by atoms with Gasteiger partial charge in [0.25, 0.3) is 0 Å². The first-order valence-corrected chi connectivity index (χ1v) is 7.78. The van der Waals surface area contributed by atoms with Crippen LogP contribution in [0.5, 0.6) is 0 Å². The zero-order chi connectivity index (χ0) is 18.4. The number of nitrogens with one attached hydrogen (secondary N) is 2. The Bertz CT molecular complexity index is 622. The molecule has 146 valence electrons. The maximum absolute atomic E-state index is 12.4. The summed E-state index contributed by atoms with van der Waals surface area (Å²) < 4.78 is 42.5. The van der Waals surface area contributed by atoms with Crippen molar-refractivity contribution >= 4 is 29.9 Å². The van der Waals surface area contributed by atoms with Crippen molar-refractivity contribution in [2.75, 3.05) is 32.1 Å². The number of halogens is 4. The molecule has 0 aromatic heterocycles. The van der Waals surface area contributed by atoms with Gasteiger partial charge in [-0.2, -0.15) is 13.2 Å². The second-order valence-electron chi connectivity index (χ2n) is 5.84. The first-order chi connectivity index (χ1) is 11.8. The number of carbonyl (C=O) groups is 2. The van der Waals surface area contributed by atoms with Crippen LogP contribution in [0.1, 0.15) is 12.0 Å². The van der Waals surface area contributed by atoms with Gasteiger partial charge in [0.2, 0.25) is 5.91 Å². The van der Waals surface area contributed by atoms with Gasteiger partial charge < -0.3 is 20.3 Å². The lowest BCUT2D eigenvalue weighted by Gasteiger charge is -2.23. The van der Waals surface area contributed by atoms with Gasteiger partial charge >= 0.3 is 12.1 Å². The maximum atomic E-state index is 12.4. The summed E-state index contributed by atoms with van der Waals surface area (Å²) in [7, 11) is 1.08. The van der Waals surface area contributed by atoms with Crippen LogP contribution in [0, 0.1) is 0 Å². The number of rotatable bonds is 5. The number of hydrogen-bond donors (Lipinski definition) is 2. The fourth-order valence-electron chi connectivity index (χ4n) is 2.50. The van der Waals surface area contributed by atoms with Gasteiger partial charge in [-0.15, -0.1) is 12.4 Å². The molecule has 1 fully saturated rings. The number of morpholine rings is 1. The molecular formula is C16H21ClF3N3O3. The van der Waals surface area contributed by atoms with E-state index in [1.54, 1.807) is 24.3 Å². The van der Waals surface area contributed by atoms with E-state index < -0.39 is 12.1 Å². The van der Waals surface area contributed by atoms with Crippen molar-refractivity contribution < 1.29 is 27.5 Å². The molecule has 2 N–H and O–H groups in total. The van der Waals surface area contributed by atoms with Crippen LogP contribution in [-0.2, 0) is 20.9 Å². The molecule has 0 saturated carbocycles. The molecular weight excluding hydrogens is 375 g/mol. The lowest BCUT2D eigenvalue weighted by Crippen LogP contribution is -2.43. The van der Waals surface area contributed by atoms with Crippen LogP contribution in [0.25, 0.3) is 0 Å². The average Bonchev–Trinajstić information content (AvgIpc) is 2.54. The van der Waals surface area contributed by atoms with E-state index in [4.69, 9.17) is 4.74 Å². The summed E-state index contributed by atoms with van der Waals surface area (Å²) in [6, 6.07) is 6.32. The number of nitrogens with zero attached hydrogens (tertiary/aromatic N) is 1. The first-order valence-electron chi connectivity index (χ1n) is 7.78. The van der Waals surface area contributed by atoms with E-state index in [0.29, 0.717) is 35.9 Å². The van der Waals surface area contributed by atoms with E-state index in [1.807, 2.05) is 0 Å². The van der Waals surface area contributed by atoms with E-state index in [0.717, 1.165) is 7.05 Å². The Balaban J connectivity index is 0.00000338. The lowest BCUT2D eigenvalue weighted by atomic mass is 10.1. The number of carbonyl (C=O) groups excluding carboxylic acids is 2. The minimum absolute atomic E-state index is 0. The zero-order valence-corrected chi connectivity index (χ0v) is 15.0. The van der Waals surface area contributed by atoms with E-state index in [9.17, 15) is 22.8 Å². The van der Waals surface area contributed by atoms with Gasteiger partial charge in [-0.1, -0.05) is 12.1 Å². The van der Waals surface area contributed by atoms with Crippen molar-refractivity contribution in [1.82, 2.24) is 10.2 Å². The topological polar surface area (TPSA) is 70.7 Å². The highest BCUT2D eigenvalue weighted by atomic mass is 35.5. The molecule has 10 heteroatoms. The summed E-state index contributed by atoms with van der Waals surface area (Å²) >= 11 is 0. The molecule has 0 aliphatic carbocycles. The van der Waals surface area contributed by atoms with Crippen molar-refractivity contribution in [1.29, 1.82) is 0 Å². The molecule has 1 aromatic carbocycles. The Morgan fingerprint density at radius 3 is 2.73 bits per heavy atom. The molecule has 2 amide bonds. The maximum Gasteiger partial charge on any atom is 0.471 e. The Morgan fingerprint density at radius 1 is 1.38 bits per heavy atom. The second kappa shape index (κ2) is 9.75. The van der Waals surface area contributed by atoms with Crippen LogP contribution < -0.4 is 10.6 Å². The molecule has 1 aliphatic heterocycles. The van der Waals surface area contributed by atoms with Gasteiger partial charge in [0, 0.05) is 38.3 Å². The summed E-state index contributed by atoms with van der Waals surface area (Å²) in [4.78, 5) is 23.8. The fraction of sp³-hybridized carbons (Fsp3) is 0.500. The molecule has 0 bridgehead atoms. The first kappa shape index (κ1) is 22.2. The summed E-state index contributed by atoms with van der Waals surface area (Å²) in [5.41, 5.74) is 0.948. The fourth-order valence-corrected chi connectivity index (χ4v) is 2.50. The van der Waals surface area contributed by atoms with Crippen LogP contribution in [0.4, 0.5) is 18.9 Å². The van der Waals surface area contributed by atoms with Crippen molar-refractivity contribution in [3.8, 4) is 0 Å². The highest BCUT2D eigenvalue weighted by Gasteiger charge is 2.41. The molecule has 6 nitrogen and oxygen atoms in total. The minimum Gasteiger partial charge on any atom is -0.378 e. The minimum atomic E-state index is -4.91. The summed E-state index contributed by atoms with van der Waals surface area (Å²) in [6.07, 6.45) is -4.67. The average molecular weight is 396 g/mol. The Hall–Kier alpha value is -1.84. The van der Waals surface area contributed by atoms with E-state index in [-0.39, 0.29) is 37.3 Å². The molecule has 1 aromatic rings. The largest absolute Gasteiger partial charge is 0.471 e. The number of amides is 2. The smallest absolute Gasteiger partial charge is 0.378 e. The molecule has 26 heavy (non-hydrogen) atoms. The van der Waals surface area contributed by atoms with Crippen LogP contribution in [0.15, 0.2) is 24.3 Å². The molecule has 1 atom stereocenters. The summed E-state index contributed by atoms with van der Waals surface area (Å²) in [5.74, 6) is -2.13. The zero-order valence-electron chi connectivity index (χ0n) is 14.1. The van der Waals surface area contributed by atoms with Crippen molar-refractivity contribution in [3.05, 3.63) is 29.8 Å². The normalized spacial score (nSPS) is 17.2.